The second-order valence-electron chi connectivity index (χ2n) is 7.44. The lowest BCUT2D eigenvalue weighted by atomic mass is 10.2. The molecule has 0 radical (unpaired) electrons. The van der Waals surface area contributed by atoms with Crippen molar-refractivity contribution in [3.8, 4) is 0 Å². The average Bonchev–Trinajstić information content (AvgIpc) is 3.26. The largest absolute Gasteiger partial charge is 0.459 e. The molecule has 0 saturated carbocycles. The number of ether oxygens (including phenoxy) is 1. The number of thiazole rings is 1. The first-order chi connectivity index (χ1) is 16.0. The Balaban J connectivity index is 1.26. The Morgan fingerprint density at radius 3 is 2.76 bits per heavy atom. The van der Waals surface area contributed by atoms with Crippen LogP contribution < -0.4 is 10.9 Å². The van der Waals surface area contributed by atoms with E-state index in [0.29, 0.717) is 21.6 Å². The van der Waals surface area contributed by atoms with E-state index in [1.807, 2.05) is 37.3 Å². The van der Waals surface area contributed by atoms with E-state index >= 15 is 0 Å². The normalized spacial score (nSPS) is 10.8. The maximum Gasteiger partial charge on any atom is 0.307 e. The van der Waals surface area contributed by atoms with Crippen molar-refractivity contribution < 1.29 is 14.3 Å². The van der Waals surface area contributed by atoms with E-state index < -0.39 is 5.97 Å². The number of anilines is 1. The molecule has 0 saturated heterocycles. The molecule has 0 bridgehead atoms. The first kappa shape index (κ1) is 22.3. The lowest BCUT2D eigenvalue weighted by Crippen LogP contribution is -2.22. The van der Waals surface area contributed by atoms with Gasteiger partial charge in [-0.15, -0.1) is 11.3 Å². The highest BCUT2D eigenvalue weighted by Gasteiger charge is 2.12. The van der Waals surface area contributed by atoms with Gasteiger partial charge in [-0.25, -0.2) is 9.97 Å². The molecule has 33 heavy (non-hydrogen) atoms. The molecule has 2 aromatic heterocycles. The molecule has 2 aromatic carbocycles. The molecule has 0 fully saturated rings. The Morgan fingerprint density at radius 1 is 1.12 bits per heavy atom. The molecule has 0 aliphatic heterocycles. The van der Waals surface area contributed by atoms with Crippen LogP contribution in [0.1, 0.15) is 22.7 Å². The molecule has 0 unspecified atom stereocenters. The van der Waals surface area contributed by atoms with E-state index in [2.05, 4.69) is 15.3 Å². The first-order valence-electron chi connectivity index (χ1n) is 10.4. The number of rotatable bonds is 8. The van der Waals surface area contributed by atoms with Crippen molar-refractivity contribution in [2.45, 2.75) is 32.9 Å². The Morgan fingerprint density at radius 2 is 1.91 bits per heavy atom. The van der Waals surface area contributed by atoms with Crippen LogP contribution in [0.2, 0.25) is 0 Å². The van der Waals surface area contributed by atoms with Crippen LogP contribution in [0, 0.1) is 6.92 Å². The molecule has 4 rings (SSSR count). The van der Waals surface area contributed by atoms with Gasteiger partial charge in [0.2, 0.25) is 5.91 Å². The number of hydrogen-bond acceptors (Lipinski definition) is 7. The Hall–Kier alpha value is -3.85. The third kappa shape index (κ3) is 5.69. The van der Waals surface area contributed by atoms with Gasteiger partial charge in [0.25, 0.3) is 5.56 Å². The van der Waals surface area contributed by atoms with E-state index in [1.165, 1.54) is 22.2 Å². The van der Waals surface area contributed by atoms with Crippen LogP contribution in [-0.2, 0) is 33.9 Å². The molecule has 1 amide bonds. The molecule has 0 aliphatic carbocycles. The molecular weight excluding hydrogens is 440 g/mol. The Kier molecular flexibility index (Phi) is 6.89. The number of esters is 1. The summed E-state index contributed by atoms with van der Waals surface area (Å²) in [7, 11) is 0. The summed E-state index contributed by atoms with van der Waals surface area (Å²) in [6.45, 7) is 2.12. The predicted molar refractivity (Wildman–Crippen MR) is 126 cm³/mol. The lowest BCUT2D eigenvalue weighted by Gasteiger charge is -2.07. The summed E-state index contributed by atoms with van der Waals surface area (Å²) in [5, 5.41) is 5.79. The first-order valence-corrected chi connectivity index (χ1v) is 11.3. The quantitative estimate of drug-likeness (QED) is 0.402. The summed E-state index contributed by atoms with van der Waals surface area (Å²) >= 11 is 1.34. The monoisotopic (exact) mass is 462 g/mol. The van der Waals surface area contributed by atoms with Gasteiger partial charge in [-0.3, -0.25) is 19.0 Å². The van der Waals surface area contributed by atoms with E-state index in [1.54, 1.807) is 23.6 Å². The summed E-state index contributed by atoms with van der Waals surface area (Å²) < 4.78 is 6.68. The molecule has 4 aromatic rings. The molecular formula is C24H22N4O4S. The maximum atomic E-state index is 12.5. The number of benzene rings is 2. The molecule has 0 aliphatic rings. The number of aromatic nitrogens is 3. The highest BCUT2D eigenvalue weighted by Crippen LogP contribution is 2.16. The van der Waals surface area contributed by atoms with Crippen molar-refractivity contribution in [1.82, 2.24) is 14.5 Å². The topological polar surface area (TPSA) is 103 Å². The Labute approximate surface area is 193 Å². The molecule has 9 heteroatoms. The van der Waals surface area contributed by atoms with E-state index in [4.69, 9.17) is 4.74 Å². The minimum Gasteiger partial charge on any atom is -0.459 e. The fourth-order valence-corrected chi connectivity index (χ4v) is 4.02. The number of hydrogen-bond donors (Lipinski definition) is 1. The van der Waals surface area contributed by atoms with Crippen LogP contribution in [0.5, 0.6) is 0 Å². The van der Waals surface area contributed by atoms with E-state index in [9.17, 15) is 14.4 Å². The average molecular weight is 463 g/mol. The van der Waals surface area contributed by atoms with Gasteiger partial charge in [-0.2, -0.15) is 0 Å². The summed E-state index contributed by atoms with van der Waals surface area (Å²) in [6, 6.07) is 14.6. The highest BCUT2D eigenvalue weighted by atomic mass is 32.1. The SMILES string of the molecule is Cc1ccccc1NC(=O)Cc1nc(COC(=O)CCn2cnc3ccccc3c2=O)cs1. The van der Waals surface area contributed by atoms with Crippen LogP contribution in [0.25, 0.3) is 10.9 Å². The third-order valence-electron chi connectivity index (χ3n) is 5.00. The van der Waals surface area contributed by atoms with Gasteiger partial charge in [-0.05, 0) is 30.7 Å². The number of aryl methyl sites for hydroxylation is 2. The number of nitrogens with zero attached hydrogens (tertiary/aromatic N) is 3. The summed E-state index contributed by atoms with van der Waals surface area (Å²) in [4.78, 5) is 45.5. The minimum atomic E-state index is -0.443. The minimum absolute atomic E-state index is 0.0135. The summed E-state index contributed by atoms with van der Waals surface area (Å²) in [6.07, 6.45) is 1.62. The van der Waals surface area contributed by atoms with Crippen molar-refractivity contribution in [2.24, 2.45) is 0 Å². The molecule has 8 nitrogen and oxygen atoms in total. The summed E-state index contributed by atoms with van der Waals surface area (Å²) in [5.74, 6) is -0.599. The van der Waals surface area contributed by atoms with Gasteiger partial charge < -0.3 is 10.1 Å². The summed E-state index contributed by atoms with van der Waals surface area (Å²) in [5.41, 5.74) is 2.76. The fraction of sp³-hybridized carbons (Fsp3) is 0.208. The van der Waals surface area contributed by atoms with Gasteiger partial charge in [0.05, 0.1) is 35.8 Å². The Bertz CT molecular complexity index is 1360. The molecule has 0 spiro atoms. The highest BCUT2D eigenvalue weighted by molar-refractivity contribution is 7.09. The number of para-hydroxylation sites is 2. The fourth-order valence-electron chi connectivity index (χ4n) is 3.25. The van der Waals surface area contributed by atoms with Crippen LogP contribution in [0.15, 0.2) is 65.0 Å². The molecule has 1 N–H and O–H groups in total. The number of amides is 1. The van der Waals surface area contributed by atoms with Gasteiger partial charge in [-0.1, -0.05) is 30.3 Å². The van der Waals surface area contributed by atoms with Gasteiger partial charge in [0, 0.05) is 17.6 Å². The zero-order valence-corrected chi connectivity index (χ0v) is 18.8. The van der Waals surface area contributed by atoms with E-state index in [-0.39, 0.29) is 37.5 Å². The van der Waals surface area contributed by atoms with Crippen LogP contribution in [-0.4, -0.2) is 26.4 Å². The number of carbonyl (C=O) groups is 2. The second-order valence-corrected chi connectivity index (χ2v) is 8.39. The number of fused-ring (bicyclic) bond motifs is 1. The van der Waals surface area contributed by atoms with E-state index in [0.717, 1.165) is 11.3 Å². The van der Waals surface area contributed by atoms with Crippen molar-refractivity contribution in [2.75, 3.05) is 5.32 Å². The maximum absolute atomic E-state index is 12.5. The van der Waals surface area contributed by atoms with Crippen LogP contribution in [0.4, 0.5) is 5.69 Å². The van der Waals surface area contributed by atoms with Crippen molar-refractivity contribution in [3.63, 3.8) is 0 Å². The van der Waals surface area contributed by atoms with Gasteiger partial charge in [0.1, 0.15) is 11.6 Å². The van der Waals surface area contributed by atoms with Crippen molar-refractivity contribution in [3.05, 3.63) is 86.9 Å². The van der Waals surface area contributed by atoms with Crippen LogP contribution >= 0.6 is 11.3 Å². The zero-order valence-electron chi connectivity index (χ0n) is 18.0. The smallest absolute Gasteiger partial charge is 0.307 e. The van der Waals surface area contributed by atoms with Crippen molar-refractivity contribution in [1.29, 1.82) is 0 Å². The molecule has 2 heterocycles. The number of nitrogens with one attached hydrogen (secondary N) is 1. The third-order valence-corrected chi connectivity index (χ3v) is 5.90. The molecule has 168 valence electrons. The molecule has 0 atom stereocenters. The lowest BCUT2D eigenvalue weighted by molar-refractivity contribution is -0.145. The van der Waals surface area contributed by atoms with Gasteiger partial charge >= 0.3 is 5.97 Å². The predicted octanol–water partition coefficient (Wildman–Crippen LogP) is 3.48. The van der Waals surface area contributed by atoms with Crippen molar-refractivity contribution >= 4 is 39.8 Å². The standard InChI is InChI=1S/C24H22N4O4S/c1-16-6-2-4-8-19(16)27-21(29)12-22-26-17(14-33-22)13-32-23(30)10-11-28-15-25-20-9-5-3-7-18(20)24(28)31/h2-9,14-15H,10-13H2,1H3,(H,27,29). The van der Waals surface area contributed by atoms with Crippen LogP contribution in [0.3, 0.4) is 0 Å². The second kappa shape index (κ2) is 10.2. The zero-order chi connectivity index (χ0) is 23.2. The number of carbonyl (C=O) groups excluding carboxylic acids is 2. The van der Waals surface area contributed by atoms with Gasteiger partial charge in [0.15, 0.2) is 0 Å².